The van der Waals surface area contributed by atoms with Crippen molar-refractivity contribution in [1.29, 1.82) is 0 Å². The van der Waals surface area contributed by atoms with Crippen LogP contribution in [0.4, 0.5) is 14.9 Å². The average Bonchev–Trinajstić information content (AvgIpc) is 3.33. The van der Waals surface area contributed by atoms with E-state index in [0.29, 0.717) is 36.6 Å². The van der Waals surface area contributed by atoms with Gasteiger partial charge in [-0.2, -0.15) is 0 Å². The molecule has 196 valence electrons. The van der Waals surface area contributed by atoms with Gasteiger partial charge in [0.1, 0.15) is 5.82 Å². The van der Waals surface area contributed by atoms with Crippen LogP contribution in [0, 0.1) is 17.7 Å². The summed E-state index contributed by atoms with van der Waals surface area (Å²) in [6, 6.07) is 14.0. The van der Waals surface area contributed by atoms with Gasteiger partial charge in [0.15, 0.2) is 5.82 Å². The van der Waals surface area contributed by atoms with Crippen molar-refractivity contribution >= 4 is 11.7 Å². The Morgan fingerprint density at radius 3 is 2.86 bits per heavy atom. The number of benzene rings is 2. The summed E-state index contributed by atoms with van der Waals surface area (Å²) in [4.78, 5) is 15.4. The number of aryl methyl sites for hydroxylation is 1. The van der Waals surface area contributed by atoms with Gasteiger partial charge in [-0.3, -0.25) is 0 Å². The molecule has 0 aliphatic carbocycles. The molecule has 2 aromatic carbocycles. The van der Waals surface area contributed by atoms with E-state index in [1.165, 1.54) is 12.0 Å². The Hall–Kier alpha value is -3.37. The third-order valence-electron chi connectivity index (χ3n) is 7.35. The number of anilines is 1. The van der Waals surface area contributed by atoms with Gasteiger partial charge in [-0.25, -0.2) is 13.9 Å². The summed E-state index contributed by atoms with van der Waals surface area (Å²) < 4.78 is 20.6. The number of aromatic nitrogens is 4. The lowest BCUT2D eigenvalue weighted by atomic mass is 9.89. The molecule has 37 heavy (non-hydrogen) atoms. The minimum absolute atomic E-state index is 0.0580. The number of nitrogens with zero attached hydrogens (tertiary/aromatic N) is 5. The van der Waals surface area contributed by atoms with E-state index in [1.807, 2.05) is 36.4 Å². The van der Waals surface area contributed by atoms with Gasteiger partial charge in [0, 0.05) is 38.0 Å². The second kappa shape index (κ2) is 11.8. The van der Waals surface area contributed by atoms with Crippen LogP contribution in [0.3, 0.4) is 0 Å². The quantitative estimate of drug-likeness (QED) is 0.508. The summed E-state index contributed by atoms with van der Waals surface area (Å²) in [6.07, 6.45) is 4.23. The third kappa shape index (κ3) is 6.69. The lowest BCUT2D eigenvalue weighted by molar-refractivity contribution is 0.0215. The molecule has 1 unspecified atom stereocenters. The molecule has 0 saturated carbocycles. The first-order valence-corrected chi connectivity index (χ1v) is 13.0. The molecular formula is C27H34FN7O2. The monoisotopic (exact) mass is 507 g/mol. The van der Waals surface area contributed by atoms with Crippen molar-refractivity contribution in [2.75, 3.05) is 38.2 Å². The van der Waals surface area contributed by atoms with Crippen molar-refractivity contribution < 1.29 is 13.9 Å². The number of piperidine rings is 1. The van der Waals surface area contributed by atoms with E-state index in [-0.39, 0.29) is 17.9 Å². The van der Waals surface area contributed by atoms with Crippen LogP contribution in [0.15, 0.2) is 48.5 Å². The smallest absolute Gasteiger partial charge is 0.319 e. The minimum Gasteiger partial charge on any atom is -0.379 e. The first kappa shape index (κ1) is 25.3. The molecule has 10 heteroatoms. The van der Waals surface area contributed by atoms with E-state index in [1.54, 1.807) is 23.9 Å². The van der Waals surface area contributed by atoms with E-state index >= 15 is 0 Å². The van der Waals surface area contributed by atoms with Crippen LogP contribution in [0.1, 0.15) is 24.8 Å². The van der Waals surface area contributed by atoms with E-state index < -0.39 is 0 Å². The van der Waals surface area contributed by atoms with Gasteiger partial charge in [-0.1, -0.05) is 24.3 Å². The number of nitrogens with one attached hydrogen (secondary N) is 2. The highest BCUT2D eigenvalue weighted by Gasteiger charge is 2.30. The Morgan fingerprint density at radius 1 is 1.19 bits per heavy atom. The molecule has 2 saturated heterocycles. The van der Waals surface area contributed by atoms with Crippen molar-refractivity contribution in [3.05, 3.63) is 59.9 Å². The van der Waals surface area contributed by atoms with Gasteiger partial charge >= 0.3 is 6.03 Å². The Morgan fingerprint density at radius 2 is 2.05 bits per heavy atom. The molecule has 9 nitrogen and oxygen atoms in total. The van der Waals surface area contributed by atoms with Gasteiger partial charge in [0.2, 0.25) is 0 Å². The molecule has 0 spiro atoms. The molecule has 0 bridgehead atoms. The van der Waals surface area contributed by atoms with Crippen LogP contribution in [-0.2, 0) is 18.2 Å². The van der Waals surface area contributed by atoms with Gasteiger partial charge in [-0.15, -0.1) is 5.10 Å². The van der Waals surface area contributed by atoms with Crippen LogP contribution < -0.4 is 10.6 Å². The highest BCUT2D eigenvalue weighted by molar-refractivity contribution is 5.90. The normalized spacial score (nSPS) is 22.5. The number of tetrazole rings is 1. The fourth-order valence-electron chi connectivity index (χ4n) is 5.48. The molecule has 2 amide bonds. The van der Waals surface area contributed by atoms with E-state index in [4.69, 9.17) is 4.74 Å². The summed E-state index contributed by atoms with van der Waals surface area (Å²) in [7, 11) is 1.78. The third-order valence-corrected chi connectivity index (χ3v) is 7.35. The number of rotatable bonds is 7. The highest BCUT2D eigenvalue weighted by atomic mass is 19.1. The maximum atomic E-state index is 13.3. The van der Waals surface area contributed by atoms with Crippen LogP contribution in [0.2, 0.25) is 0 Å². The number of hydrogen-bond donors (Lipinski definition) is 2. The molecule has 2 fully saturated rings. The summed E-state index contributed by atoms with van der Waals surface area (Å²) >= 11 is 0. The number of carbonyl (C=O) groups excluding carboxylic acids is 1. The first-order valence-electron chi connectivity index (χ1n) is 13.0. The maximum absolute atomic E-state index is 13.3. The van der Waals surface area contributed by atoms with Crippen LogP contribution in [0.5, 0.6) is 0 Å². The molecule has 1 aromatic heterocycles. The Bertz CT molecular complexity index is 1190. The predicted octanol–water partition coefficient (Wildman–Crippen LogP) is 3.50. The molecular weight excluding hydrogens is 473 g/mol. The van der Waals surface area contributed by atoms with Crippen LogP contribution in [0.25, 0.3) is 11.4 Å². The zero-order chi connectivity index (χ0) is 25.6. The molecule has 3 heterocycles. The zero-order valence-electron chi connectivity index (χ0n) is 21.1. The Labute approximate surface area is 216 Å². The molecule has 3 atom stereocenters. The van der Waals surface area contributed by atoms with Gasteiger partial charge in [-0.05, 0) is 84.3 Å². The zero-order valence-corrected chi connectivity index (χ0v) is 21.1. The van der Waals surface area contributed by atoms with Crippen molar-refractivity contribution in [2.24, 2.45) is 18.9 Å². The Kier molecular flexibility index (Phi) is 8.05. The number of carbonyl (C=O) groups is 1. The average molecular weight is 508 g/mol. The molecule has 5 rings (SSSR count). The first-order chi connectivity index (χ1) is 18.0. The van der Waals surface area contributed by atoms with Crippen molar-refractivity contribution in [1.82, 2.24) is 30.4 Å². The van der Waals surface area contributed by atoms with Crippen LogP contribution >= 0.6 is 0 Å². The van der Waals surface area contributed by atoms with E-state index in [2.05, 4.69) is 31.1 Å². The van der Waals surface area contributed by atoms with Crippen molar-refractivity contribution in [3.63, 3.8) is 0 Å². The largest absolute Gasteiger partial charge is 0.379 e. The number of halogens is 1. The number of hydrogen-bond acceptors (Lipinski definition) is 6. The molecule has 3 aromatic rings. The number of likely N-dealkylation sites (tertiary alicyclic amines) is 1. The second-order valence-corrected chi connectivity index (χ2v) is 10.1. The lowest BCUT2D eigenvalue weighted by Gasteiger charge is -2.39. The fourth-order valence-corrected chi connectivity index (χ4v) is 5.48. The van der Waals surface area contributed by atoms with E-state index in [0.717, 1.165) is 44.5 Å². The number of urea groups is 1. The van der Waals surface area contributed by atoms with Crippen LogP contribution in [-0.4, -0.2) is 70.0 Å². The standard InChI is InChI=1S/C27H34FN7O2/c1-34-26(31-32-33-34)21-5-2-6-24(15-21)29-27(36)30-25-18-37-13-11-22(25)17-35-12-3-4-20(16-35)14-19-7-9-23(28)10-8-19/h2,5-10,15,20,22,25H,3-4,11-14,16-18H2,1H3,(H2,29,30,36)/t20?,22-,25+/m0/s1. The van der Waals surface area contributed by atoms with Gasteiger partial charge in [0.25, 0.3) is 0 Å². The molecule has 2 N–H and O–H groups in total. The predicted molar refractivity (Wildman–Crippen MR) is 138 cm³/mol. The highest BCUT2D eigenvalue weighted by Crippen LogP contribution is 2.25. The second-order valence-electron chi connectivity index (χ2n) is 10.1. The molecule has 2 aliphatic heterocycles. The van der Waals surface area contributed by atoms with Crippen molar-refractivity contribution in [3.8, 4) is 11.4 Å². The number of ether oxygens (including phenoxy) is 1. The summed E-state index contributed by atoms with van der Waals surface area (Å²) in [5.41, 5.74) is 2.69. The number of amides is 2. The lowest BCUT2D eigenvalue weighted by Crippen LogP contribution is -2.52. The van der Waals surface area contributed by atoms with E-state index in [9.17, 15) is 9.18 Å². The van der Waals surface area contributed by atoms with Crippen molar-refractivity contribution in [2.45, 2.75) is 31.7 Å². The minimum atomic E-state index is -0.249. The topological polar surface area (TPSA) is 97.2 Å². The van der Waals surface area contributed by atoms with Gasteiger partial charge in [0.05, 0.1) is 12.6 Å². The fraction of sp³-hybridized carbons (Fsp3) is 0.481. The summed E-state index contributed by atoms with van der Waals surface area (Å²) in [5, 5.41) is 17.7. The Balaban J connectivity index is 1.16. The van der Waals surface area contributed by atoms with Gasteiger partial charge < -0.3 is 20.3 Å². The SMILES string of the molecule is Cn1nnnc1-c1cccc(NC(=O)N[C@@H]2COCC[C@H]2CN2CCCC(Cc3ccc(F)cc3)C2)c1. The summed E-state index contributed by atoms with van der Waals surface area (Å²) in [5.74, 6) is 1.32. The molecule has 2 aliphatic rings. The molecule has 0 radical (unpaired) electrons. The summed E-state index contributed by atoms with van der Waals surface area (Å²) in [6.45, 7) is 4.25. The maximum Gasteiger partial charge on any atom is 0.319 e.